The largest absolute Gasteiger partial charge is 0.508 e. The summed E-state index contributed by atoms with van der Waals surface area (Å²) in [6.07, 6.45) is 5.44. The maximum absolute atomic E-state index is 11.0. The van der Waals surface area contributed by atoms with Gasteiger partial charge in [-0.05, 0) is 61.1 Å². The van der Waals surface area contributed by atoms with Crippen molar-refractivity contribution in [3.63, 3.8) is 0 Å². The summed E-state index contributed by atoms with van der Waals surface area (Å²) in [5, 5.41) is 21.7. The van der Waals surface area contributed by atoms with Crippen LogP contribution in [0, 0.1) is 11.8 Å². The molecule has 2 bridgehead atoms. The van der Waals surface area contributed by atoms with E-state index in [4.69, 9.17) is 0 Å². The number of aliphatic hydroxyl groups is 1. The van der Waals surface area contributed by atoms with Gasteiger partial charge in [-0.25, -0.2) is 0 Å². The van der Waals surface area contributed by atoms with Crippen LogP contribution in [0.3, 0.4) is 0 Å². The van der Waals surface area contributed by atoms with Crippen LogP contribution in [0.2, 0.25) is 0 Å². The van der Waals surface area contributed by atoms with Gasteiger partial charge in [0, 0.05) is 24.2 Å². The van der Waals surface area contributed by atoms with Crippen LogP contribution in [0.4, 0.5) is 0 Å². The van der Waals surface area contributed by atoms with Gasteiger partial charge in [0.2, 0.25) is 0 Å². The first-order chi connectivity index (χ1) is 11.2. The number of rotatable bonds is 3. The topological polar surface area (TPSA) is 56.6 Å². The van der Waals surface area contributed by atoms with E-state index in [1.54, 1.807) is 24.4 Å². The van der Waals surface area contributed by atoms with Crippen LogP contribution in [0.5, 0.6) is 5.75 Å². The number of benzene rings is 1. The third-order valence-electron chi connectivity index (χ3n) is 5.60. The Hall–Kier alpha value is -1.91. The fourth-order valence-corrected chi connectivity index (χ4v) is 4.33. The molecular weight excluding hydrogens is 288 g/mol. The van der Waals surface area contributed by atoms with Crippen molar-refractivity contribution in [1.29, 1.82) is 0 Å². The Morgan fingerprint density at radius 2 is 2.22 bits per heavy atom. The maximum atomic E-state index is 11.0. The van der Waals surface area contributed by atoms with Crippen molar-refractivity contribution in [3.8, 4) is 5.75 Å². The molecule has 5 rings (SSSR count). The third kappa shape index (κ3) is 2.42. The molecule has 2 N–H and O–H groups in total. The average Bonchev–Trinajstić information content (AvgIpc) is 2.60. The third-order valence-corrected chi connectivity index (χ3v) is 5.60. The molecule has 4 heteroatoms. The lowest BCUT2D eigenvalue weighted by molar-refractivity contribution is -0.0444. The van der Waals surface area contributed by atoms with Gasteiger partial charge in [-0.1, -0.05) is 6.08 Å². The fraction of sp³-hybridized carbons (Fsp3) is 0.421. The smallest absolute Gasteiger partial charge is 0.116 e. The van der Waals surface area contributed by atoms with Crippen molar-refractivity contribution in [2.45, 2.75) is 25.0 Å². The van der Waals surface area contributed by atoms with Crippen LogP contribution in [0.25, 0.3) is 10.9 Å². The Morgan fingerprint density at radius 3 is 2.96 bits per heavy atom. The van der Waals surface area contributed by atoms with Crippen LogP contribution >= 0.6 is 0 Å². The minimum atomic E-state index is -0.559. The Morgan fingerprint density at radius 1 is 1.35 bits per heavy atom. The molecule has 0 spiro atoms. The van der Waals surface area contributed by atoms with Crippen LogP contribution in [-0.4, -0.2) is 39.2 Å². The van der Waals surface area contributed by atoms with Crippen molar-refractivity contribution in [2.24, 2.45) is 11.8 Å². The van der Waals surface area contributed by atoms with E-state index < -0.39 is 6.10 Å². The van der Waals surface area contributed by atoms with Gasteiger partial charge in [-0.3, -0.25) is 9.88 Å². The number of pyridine rings is 1. The van der Waals surface area contributed by atoms with E-state index in [1.165, 1.54) is 6.42 Å². The van der Waals surface area contributed by atoms with Crippen molar-refractivity contribution < 1.29 is 10.2 Å². The van der Waals surface area contributed by atoms with Crippen molar-refractivity contribution >= 4 is 10.9 Å². The van der Waals surface area contributed by atoms with Crippen molar-refractivity contribution in [3.05, 3.63) is 48.7 Å². The minimum Gasteiger partial charge on any atom is -0.508 e. The highest BCUT2D eigenvalue weighted by Crippen LogP contribution is 2.42. The van der Waals surface area contributed by atoms with Gasteiger partial charge in [0.05, 0.1) is 11.6 Å². The zero-order valence-electron chi connectivity index (χ0n) is 13.1. The minimum absolute atomic E-state index is 0.137. The molecule has 3 saturated heterocycles. The number of phenolic OH excluding ortho intramolecular Hbond substituents is 1. The molecule has 3 aliphatic rings. The van der Waals surface area contributed by atoms with Crippen LogP contribution in [-0.2, 0) is 0 Å². The summed E-state index contributed by atoms with van der Waals surface area (Å²) < 4.78 is 0. The molecule has 1 aromatic heterocycles. The number of fused-ring (bicyclic) bond motifs is 4. The molecule has 5 atom stereocenters. The number of nitrogens with zero attached hydrogens (tertiary/aromatic N) is 2. The molecule has 0 radical (unpaired) electrons. The number of hydrogen-bond acceptors (Lipinski definition) is 4. The van der Waals surface area contributed by atoms with Gasteiger partial charge in [-0.15, -0.1) is 6.58 Å². The molecule has 0 amide bonds. The molecular formula is C19H22N2O2. The molecule has 120 valence electrons. The number of piperidine rings is 3. The first-order valence-corrected chi connectivity index (χ1v) is 8.29. The number of aromatic nitrogens is 1. The second-order valence-electron chi connectivity index (χ2n) is 6.79. The standard InChI is InChI=1S/C19H22N2O2/c1-2-12-11-21-8-6-13(12)9-18(21)19(23)15-5-7-20-17-4-3-14(22)10-16(15)17/h2-5,7,10,12-13,18-19,22-23H,1,6,8-9,11H2/t12-,13+,18?,19-/m1/s1. The summed E-state index contributed by atoms with van der Waals surface area (Å²) in [4.78, 5) is 6.73. The highest BCUT2D eigenvalue weighted by atomic mass is 16.3. The Labute approximate surface area is 136 Å². The number of aliphatic hydroxyl groups excluding tert-OH is 1. The summed E-state index contributed by atoms with van der Waals surface area (Å²) in [6, 6.07) is 7.14. The zero-order valence-corrected chi connectivity index (χ0v) is 13.1. The molecule has 3 aliphatic heterocycles. The van der Waals surface area contributed by atoms with Crippen LogP contribution < -0.4 is 0 Å². The highest BCUT2D eigenvalue weighted by molar-refractivity contribution is 5.83. The lowest BCUT2D eigenvalue weighted by Crippen LogP contribution is -2.54. The van der Waals surface area contributed by atoms with Crippen LogP contribution in [0.15, 0.2) is 43.1 Å². The summed E-state index contributed by atoms with van der Waals surface area (Å²) in [5.74, 6) is 1.38. The first kappa shape index (κ1) is 14.7. The van der Waals surface area contributed by atoms with E-state index in [1.807, 2.05) is 6.07 Å². The average molecular weight is 310 g/mol. The van der Waals surface area contributed by atoms with Gasteiger partial charge in [-0.2, -0.15) is 0 Å². The maximum Gasteiger partial charge on any atom is 0.116 e. The molecule has 23 heavy (non-hydrogen) atoms. The molecule has 2 unspecified atom stereocenters. The monoisotopic (exact) mass is 310 g/mol. The molecule has 1 aromatic carbocycles. The molecule has 0 aliphatic carbocycles. The Bertz CT molecular complexity index is 745. The van der Waals surface area contributed by atoms with Gasteiger partial charge in [0.1, 0.15) is 5.75 Å². The lowest BCUT2D eigenvalue weighted by Gasteiger charge is -2.50. The number of phenols is 1. The summed E-state index contributed by atoms with van der Waals surface area (Å²) >= 11 is 0. The second-order valence-corrected chi connectivity index (χ2v) is 6.79. The Kier molecular flexibility index (Phi) is 3.58. The van der Waals surface area contributed by atoms with Gasteiger partial charge >= 0.3 is 0 Å². The molecule has 3 fully saturated rings. The van der Waals surface area contributed by atoms with E-state index in [0.717, 1.165) is 36.0 Å². The van der Waals surface area contributed by atoms with Gasteiger partial charge < -0.3 is 10.2 Å². The van der Waals surface area contributed by atoms with Crippen molar-refractivity contribution in [1.82, 2.24) is 9.88 Å². The molecule has 2 aromatic rings. The lowest BCUT2D eigenvalue weighted by atomic mass is 9.73. The summed E-state index contributed by atoms with van der Waals surface area (Å²) in [7, 11) is 0. The molecule has 0 saturated carbocycles. The molecule has 4 heterocycles. The van der Waals surface area contributed by atoms with E-state index >= 15 is 0 Å². The zero-order chi connectivity index (χ0) is 16.0. The SMILES string of the molecule is C=C[C@@H]1CN2CC[C@H]1CC2[C@H](O)c1ccnc2ccc(O)cc12. The fourth-order valence-electron chi connectivity index (χ4n) is 4.33. The summed E-state index contributed by atoms with van der Waals surface area (Å²) in [6.45, 7) is 5.99. The second kappa shape index (κ2) is 5.62. The van der Waals surface area contributed by atoms with Crippen molar-refractivity contribution in [2.75, 3.05) is 13.1 Å². The summed E-state index contributed by atoms with van der Waals surface area (Å²) in [5.41, 5.74) is 1.66. The van der Waals surface area contributed by atoms with Gasteiger partial charge in [0.25, 0.3) is 0 Å². The normalized spacial score (nSPS) is 31.2. The van der Waals surface area contributed by atoms with Gasteiger partial charge in [0.15, 0.2) is 0 Å². The highest BCUT2D eigenvalue weighted by Gasteiger charge is 2.42. The quantitative estimate of drug-likeness (QED) is 0.856. The molecule has 4 nitrogen and oxygen atoms in total. The van der Waals surface area contributed by atoms with E-state index in [9.17, 15) is 10.2 Å². The predicted octanol–water partition coefficient (Wildman–Crippen LogP) is 2.87. The van der Waals surface area contributed by atoms with Crippen LogP contribution in [0.1, 0.15) is 24.5 Å². The first-order valence-electron chi connectivity index (χ1n) is 8.29. The predicted molar refractivity (Wildman–Crippen MR) is 90.1 cm³/mol. The number of aromatic hydroxyl groups is 1. The van der Waals surface area contributed by atoms with E-state index in [-0.39, 0.29) is 11.8 Å². The van der Waals surface area contributed by atoms with E-state index in [2.05, 4.69) is 22.5 Å². The number of hydrogen-bond donors (Lipinski definition) is 2. The Balaban J connectivity index is 1.69. The van der Waals surface area contributed by atoms with E-state index in [0.29, 0.717) is 11.8 Å².